The number of rotatable bonds is 7. The number of hydrogen-bond donors (Lipinski definition) is 3. The number of hydrogen-bond acceptors (Lipinski definition) is 4. The highest BCUT2D eigenvalue weighted by atomic mass is 31.2. The lowest BCUT2D eigenvalue weighted by atomic mass is 9.91. The van der Waals surface area contributed by atoms with Gasteiger partial charge in [-0.2, -0.15) is 0 Å². The Labute approximate surface area is 157 Å². The number of carbonyl (C=O) groups is 1. The van der Waals surface area contributed by atoms with Gasteiger partial charge >= 0.3 is 7.60 Å². The van der Waals surface area contributed by atoms with Crippen molar-refractivity contribution in [3.05, 3.63) is 59.7 Å². The highest BCUT2D eigenvalue weighted by Crippen LogP contribution is 2.48. The van der Waals surface area contributed by atoms with Crippen molar-refractivity contribution in [2.24, 2.45) is 5.73 Å². The highest BCUT2D eigenvalue weighted by molar-refractivity contribution is 7.51. The number of fused-ring (bicyclic) bond motifs is 1. The molecule has 0 spiro atoms. The number of nitrogens with two attached hydrogens (primary N) is 1. The van der Waals surface area contributed by atoms with Crippen LogP contribution in [0.25, 0.3) is 0 Å². The molecule has 0 fully saturated rings. The fourth-order valence-electron chi connectivity index (χ4n) is 3.61. The summed E-state index contributed by atoms with van der Waals surface area (Å²) in [7, 11) is -4.32. The molecule has 27 heavy (non-hydrogen) atoms. The number of anilines is 1. The fraction of sp³-hybridized carbons (Fsp3) is 0.316. The number of nitrogens with zero attached hydrogens (tertiary/aromatic N) is 1. The molecule has 1 amide bonds. The van der Waals surface area contributed by atoms with Crippen molar-refractivity contribution in [1.29, 1.82) is 0 Å². The van der Waals surface area contributed by atoms with Gasteiger partial charge in [-0.3, -0.25) is 9.36 Å². The molecule has 4 N–H and O–H groups in total. The smallest absolute Gasteiger partial charge is 0.362 e. The van der Waals surface area contributed by atoms with Crippen LogP contribution in [0.15, 0.2) is 48.5 Å². The van der Waals surface area contributed by atoms with Crippen molar-refractivity contribution in [1.82, 2.24) is 0 Å². The lowest BCUT2D eigenvalue weighted by molar-refractivity contribution is -0.118. The Morgan fingerprint density at radius 3 is 2.52 bits per heavy atom. The summed E-state index contributed by atoms with van der Waals surface area (Å²) in [6.45, 7) is 2.66. The first-order valence-corrected chi connectivity index (χ1v) is 10.4. The third-order valence-corrected chi connectivity index (χ3v) is 5.27. The van der Waals surface area contributed by atoms with Crippen LogP contribution in [0.1, 0.15) is 30.4 Å². The maximum atomic E-state index is 11.6. The van der Waals surface area contributed by atoms with E-state index < -0.39 is 19.9 Å². The zero-order chi connectivity index (χ0) is 19.6. The van der Waals surface area contributed by atoms with E-state index >= 15 is 0 Å². The Morgan fingerprint density at radius 2 is 1.89 bits per heavy atom. The molecule has 0 saturated carbocycles. The average Bonchev–Trinajstić information content (AvgIpc) is 2.86. The van der Waals surface area contributed by atoms with Crippen LogP contribution in [0.4, 0.5) is 5.69 Å². The molecular formula is C19H23N2O5P. The molecule has 1 heterocycles. The second kappa shape index (κ2) is 7.72. The quantitative estimate of drug-likeness (QED) is 0.627. The number of primary amides is 1. The molecule has 144 valence electrons. The minimum Gasteiger partial charge on any atom is -0.481 e. The van der Waals surface area contributed by atoms with Gasteiger partial charge in [-0.1, -0.05) is 36.4 Å². The van der Waals surface area contributed by atoms with E-state index in [2.05, 4.69) is 4.90 Å². The van der Waals surface area contributed by atoms with E-state index in [9.17, 15) is 9.36 Å². The van der Waals surface area contributed by atoms with Gasteiger partial charge in [0.2, 0.25) is 5.91 Å². The van der Waals surface area contributed by atoms with Crippen LogP contribution in [-0.4, -0.2) is 28.1 Å². The SMILES string of the molecule is CC1C(CC(N)=O)c2c(OCP(=O)(O)O)cccc2N1Cc1ccccc1. The minimum absolute atomic E-state index is 0.0208. The van der Waals surface area contributed by atoms with Gasteiger partial charge in [0.1, 0.15) is 5.75 Å². The fourth-order valence-corrected chi connectivity index (χ4v) is 3.92. The normalized spacial score (nSPS) is 19.0. The topological polar surface area (TPSA) is 113 Å². The molecule has 0 radical (unpaired) electrons. The number of carbonyl (C=O) groups excluding carboxylic acids is 1. The van der Waals surface area contributed by atoms with E-state index in [1.54, 1.807) is 12.1 Å². The molecule has 2 aromatic rings. The van der Waals surface area contributed by atoms with E-state index in [0.29, 0.717) is 12.3 Å². The second-order valence-corrected chi connectivity index (χ2v) is 8.35. The minimum atomic E-state index is -4.32. The average molecular weight is 390 g/mol. The molecule has 8 heteroatoms. The van der Waals surface area contributed by atoms with Gasteiger partial charge in [0.25, 0.3) is 0 Å². The van der Waals surface area contributed by atoms with Gasteiger partial charge < -0.3 is 25.2 Å². The van der Waals surface area contributed by atoms with Gasteiger partial charge in [-0.15, -0.1) is 0 Å². The van der Waals surface area contributed by atoms with Crippen molar-refractivity contribution in [2.75, 3.05) is 11.2 Å². The van der Waals surface area contributed by atoms with Crippen LogP contribution < -0.4 is 15.4 Å². The van der Waals surface area contributed by atoms with Gasteiger partial charge in [-0.05, 0) is 24.6 Å². The number of benzene rings is 2. The molecule has 7 nitrogen and oxygen atoms in total. The standard InChI is InChI=1S/C19H23N2O5P/c1-13-15(10-18(20)22)19-16(21(13)11-14-6-3-2-4-7-14)8-5-9-17(19)26-12-27(23,24)25/h2-9,13,15H,10-12H2,1H3,(H2,20,22)(H2,23,24,25). The van der Waals surface area contributed by atoms with E-state index in [4.69, 9.17) is 20.3 Å². The molecule has 1 aliphatic heterocycles. The van der Waals surface area contributed by atoms with Crippen molar-refractivity contribution < 1.29 is 23.9 Å². The first kappa shape index (κ1) is 19.4. The Morgan fingerprint density at radius 1 is 1.19 bits per heavy atom. The van der Waals surface area contributed by atoms with Crippen molar-refractivity contribution in [3.63, 3.8) is 0 Å². The van der Waals surface area contributed by atoms with Gasteiger partial charge in [0.05, 0.1) is 0 Å². The monoisotopic (exact) mass is 390 g/mol. The summed E-state index contributed by atoms with van der Waals surface area (Å²) in [5.41, 5.74) is 8.24. The van der Waals surface area contributed by atoms with Crippen molar-refractivity contribution >= 4 is 19.2 Å². The Balaban J connectivity index is 1.98. The maximum absolute atomic E-state index is 11.6. The van der Waals surface area contributed by atoms with Crippen molar-refractivity contribution in [2.45, 2.75) is 31.8 Å². The van der Waals surface area contributed by atoms with E-state index in [1.807, 2.05) is 43.3 Å². The highest BCUT2D eigenvalue weighted by Gasteiger charge is 2.39. The van der Waals surface area contributed by atoms with E-state index in [0.717, 1.165) is 16.8 Å². The summed E-state index contributed by atoms with van der Waals surface area (Å²) in [6.07, 6.45) is -0.574. The number of amides is 1. The van der Waals surface area contributed by atoms with Crippen LogP contribution in [0.2, 0.25) is 0 Å². The first-order chi connectivity index (χ1) is 12.8. The molecule has 0 bridgehead atoms. The second-order valence-electron chi connectivity index (χ2n) is 6.76. The third-order valence-electron chi connectivity index (χ3n) is 4.80. The third kappa shape index (κ3) is 4.50. The zero-order valence-corrected chi connectivity index (χ0v) is 15.9. The van der Waals surface area contributed by atoms with Gasteiger partial charge in [0.15, 0.2) is 6.35 Å². The lowest BCUT2D eigenvalue weighted by Crippen LogP contribution is -2.32. The maximum Gasteiger partial charge on any atom is 0.362 e. The lowest BCUT2D eigenvalue weighted by Gasteiger charge is -2.27. The van der Waals surface area contributed by atoms with Crippen molar-refractivity contribution in [3.8, 4) is 5.75 Å². The van der Waals surface area contributed by atoms with Crippen LogP contribution >= 0.6 is 7.60 Å². The summed E-state index contributed by atoms with van der Waals surface area (Å²) in [4.78, 5) is 32.1. The number of ether oxygens (including phenoxy) is 1. The molecule has 2 atom stereocenters. The Hall–Kier alpha value is -2.34. The predicted octanol–water partition coefficient (Wildman–Crippen LogP) is 2.57. The van der Waals surface area contributed by atoms with Crippen LogP contribution in [0, 0.1) is 0 Å². The predicted molar refractivity (Wildman–Crippen MR) is 103 cm³/mol. The molecule has 2 unspecified atom stereocenters. The summed E-state index contributed by atoms with van der Waals surface area (Å²) in [6, 6.07) is 15.3. The summed E-state index contributed by atoms with van der Waals surface area (Å²) < 4.78 is 16.6. The molecule has 0 saturated heterocycles. The summed E-state index contributed by atoms with van der Waals surface area (Å²) in [5, 5.41) is 0. The Bertz CT molecular complexity index is 868. The summed E-state index contributed by atoms with van der Waals surface area (Å²) >= 11 is 0. The van der Waals surface area contributed by atoms with Crippen LogP contribution in [0.3, 0.4) is 0 Å². The first-order valence-electron chi connectivity index (χ1n) is 8.65. The largest absolute Gasteiger partial charge is 0.481 e. The van der Waals surface area contributed by atoms with Crippen LogP contribution in [0.5, 0.6) is 5.75 Å². The van der Waals surface area contributed by atoms with Gasteiger partial charge in [-0.25, -0.2) is 0 Å². The van der Waals surface area contributed by atoms with Crippen LogP contribution in [-0.2, 0) is 15.9 Å². The molecular weight excluding hydrogens is 367 g/mol. The molecule has 0 aromatic heterocycles. The Kier molecular flexibility index (Phi) is 5.56. The van der Waals surface area contributed by atoms with E-state index in [1.165, 1.54) is 0 Å². The van der Waals surface area contributed by atoms with Gasteiger partial charge in [0, 0.05) is 36.2 Å². The molecule has 0 aliphatic carbocycles. The molecule has 1 aliphatic rings. The zero-order valence-electron chi connectivity index (χ0n) is 15.0. The van der Waals surface area contributed by atoms with E-state index in [-0.39, 0.29) is 18.4 Å². The molecule has 2 aromatic carbocycles. The summed E-state index contributed by atoms with van der Waals surface area (Å²) in [5.74, 6) is -0.261. The molecule has 3 rings (SSSR count).